The van der Waals surface area contributed by atoms with E-state index in [2.05, 4.69) is 53.8 Å². The van der Waals surface area contributed by atoms with Crippen LogP contribution >= 0.6 is 0 Å². The van der Waals surface area contributed by atoms with Gasteiger partial charge in [-0.25, -0.2) is 4.79 Å². The van der Waals surface area contributed by atoms with Crippen molar-refractivity contribution < 1.29 is 9.53 Å². The second kappa shape index (κ2) is 6.34. The molecule has 1 saturated heterocycles. The summed E-state index contributed by atoms with van der Waals surface area (Å²) in [5, 5.41) is 2.80. The van der Waals surface area contributed by atoms with Crippen molar-refractivity contribution in [2.45, 2.75) is 80.3 Å². The zero-order valence-corrected chi connectivity index (χ0v) is 16.5. The lowest BCUT2D eigenvalue weighted by atomic mass is 9.68. The first-order valence-electron chi connectivity index (χ1n) is 9.00. The van der Waals surface area contributed by atoms with Crippen LogP contribution in [0.5, 0.6) is 0 Å². The summed E-state index contributed by atoms with van der Waals surface area (Å²) in [6.45, 7) is 17.7. The van der Waals surface area contributed by atoms with E-state index >= 15 is 0 Å². The van der Waals surface area contributed by atoms with Gasteiger partial charge in [-0.05, 0) is 41.6 Å². The Balaban J connectivity index is 2.28. The third-order valence-electron chi connectivity index (χ3n) is 5.79. The van der Waals surface area contributed by atoms with Crippen molar-refractivity contribution in [3.05, 3.63) is 11.8 Å². The van der Waals surface area contributed by atoms with Crippen molar-refractivity contribution in [1.29, 1.82) is 0 Å². The number of amides is 2. The maximum atomic E-state index is 12.4. The van der Waals surface area contributed by atoms with Gasteiger partial charge in [0.15, 0.2) is 0 Å². The van der Waals surface area contributed by atoms with Crippen LogP contribution in [0.3, 0.4) is 0 Å². The first-order valence-corrected chi connectivity index (χ1v) is 9.00. The van der Waals surface area contributed by atoms with Crippen LogP contribution in [0.25, 0.3) is 0 Å². The highest BCUT2D eigenvalue weighted by Crippen LogP contribution is 2.47. The molecule has 2 aliphatic heterocycles. The molecule has 5 heteroatoms. The minimum absolute atomic E-state index is 0.125. The Kier molecular flexibility index (Phi) is 5.09. The quantitative estimate of drug-likeness (QED) is 0.808. The second-order valence-corrected chi connectivity index (χ2v) is 9.63. The zero-order valence-electron chi connectivity index (χ0n) is 16.5. The first kappa shape index (κ1) is 19.3. The molecule has 2 heterocycles. The van der Waals surface area contributed by atoms with Crippen molar-refractivity contribution in [1.82, 2.24) is 10.2 Å². The standard InChI is InChI=1S/C19H35N3O2/c1-11-10-22(17(23)21-16(11)20)14-9-13(19(6,7)8)15(24-14)12(2)18(3,4)5/h10,12-16H,9,20H2,1-8H3,(H,21,23)/t12-,13-,14-,15-,16?/m1/s1. The van der Waals surface area contributed by atoms with E-state index in [1.165, 1.54) is 0 Å². The van der Waals surface area contributed by atoms with Gasteiger partial charge in [-0.15, -0.1) is 0 Å². The molecule has 0 saturated carbocycles. The predicted molar refractivity (Wildman–Crippen MR) is 96.9 cm³/mol. The minimum atomic E-state index is -0.405. The van der Waals surface area contributed by atoms with Crippen molar-refractivity contribution >= 4 is 6.03 Å². The topological polar surface area (TPSA) is 67.6 Å². The van der Waals surface area contributed by atoms with Gasteiger partial charge in [0.05, 0.1) is 6.10 Å². The van der Waals surface area contributed by atoms with Gasteiger partial charge < -0.3 is 15.8 Å². The van der Waals surface area contributed by atoms with Gasteiger partial charge in [0, 0.05) is 6.20 Å². The number of hydrogen-bond donors (Lipinski definition) is 2. The van der Waals surface area contributed by atoms with Crippen LogP contribution in [0.4, 0.5) is 4.79 Å². The number of nitrogens with two attached hydrogens (primary N) is 1. The van der Waals surface area contributed by atoms with Gasteiger partial charge in [0.25, 0.3) is 0 Å². The second-order valence-electron chi connectivity index (χ2n) is 9.63. The molecule has 3 N–H and O–H groups in total. The smallest absolute Gasteiger partial charge is 0.325 e. The molecule has 2 aliphatic rings. The number of nitrogens with zero attached hydrogens (tertiary/aromatic N) is 1. The lowest BCUT2D eigenvalue weighted by Gasteiger charge is -2.39. The van der Waals surface area contributed by atoms with E-state index < -0.39 is 6.17 Å². The number of ether oxygens (including phenoxy) is 1. The molecule has 1 fully saturated rings. The van der Waals surface area contributed by atoms with E-state index in [0.717, 1.165) is 12.0 Å². The van der Waals surface area contributed by atoms with Gasteiger partial charge in [-0.1, -0.05) is 48.5 Å². The average Bonchev–Trinajstić information content (AvgIpc) is 2.85. The normalized spacial score (nSPS) is 33.3. The fourth-order valence-corrected chi connectivity index (χ4v) is 3.56. The molecule has 0 aromatic heterocycles. The maximum absolute atomic E-state index is 12.4. The van der Waals surface area contributed by atoms with Crippen LogP contribution in [-0.2, 0) is 4.74 Å². The molecule has 1 unspecified atom stereocenters. The van der Waals surface area contributed by atoms with Crippen molar-refractivity contribution in [2.75, 3.05) is 0 Å². The number of rotatable bonds is 2. The Bertz CT molecular complexity index is 516. The lowest BCUT2D eigenvalue weighted by Crippen LogP contribution is -2.54. The zero-order chi connectivity index (χ0) is 18.4. The predicted octanol–water partition coefficient (Wildman–Crippen LogP) is 3.66. The Morgan fingerprint density at radius 2 is 1.88 bits per heavy atom. The fraction of sp³-hybridized carbons (Fsp3) is 0.842. The Morgan fingerprint density at radius 1 is 1.29 bits per heavy atom. The summed E-state index contributed by atoms with van der Waals surface area (Å²) < 4.78 is 6.46. The van der Waals surface area contributed by atoms with Gasteiger partial charge in [0.2, 0.25) is 0 Å². The molecule has 2 rings (SSSR count). The van der Waals surface area contributed by atoms with Crippen LogP contribution in [-0.4, -0.2) is 29.4 Å². The highest BCUT2D eigenvalue weighted by atomic mass is 16.5. The highest BCUT2D eigenvalue weighted by molar-refractivity contribution is 5.77. The summed E-state index contributed by atoms with van der Waals surface area (Å²) in [5.41, 5.74) is 7.11. The summed E-state index contributed by atoms with van der Waals surface area (Å²) in [6, 6.07) is -0.171. The summed E-state index contributed by atoms with van der Waals surface area (Å²) >= 11 is 0. The summed E-state index contributed by atoms with van der Waals surface area (Å²) in [6.07, 6.45) is 2.19. The Labute approximate surface area is 147 Å². The number of hydrogen-bond acceptors (Lipinski definition) is 3. The van der Waals surface area contributed by atoms with Crippen LogP contribution < -0.4 is 11.1 Å². The van der Waals surface area contributed by atoms with Gasteiger partial charge in [0.1, 0.15) is 12.4 Å². The third kappa shape index (κ3) is 3.77. The molecule has 2 amide bonds. The average molecular weight is 338 g/mol. The minimum Gasteiger partial charge on any atom is -0.354 e. The molecule has 0 aromatic rings. The molecular weight excluding hydrogens is 302 g/mol. The Morgan fingerprint density at radius 3 is 2.38 bits per heavy atom. The van der Waals surface area contributed by atoms with E-state index in [1.54, 1.807) is 4.90 Å². The molecular formula is C19H35N3O2. The summed E-state index contributed by atoms with van der Waals surface area (Å²) in [4.78, 5) is 14.1. The van der Waals surface area contributed by atoms with Crippen LogP contribution in [0, 0.1) is 22.7 Å². The van der Waals surface area contributed by atoms with E-state index in [0.29, 0.717) is 11.8 Å². The SMILES string of the molecule is CC1=CN([C@H]2C[C@@H](C(C)(C)C)[C@@H]([C@@H](C)C(C)(C)C)O2)C(=O)NC1N. The van der Waals surface area contributed by atoms with E-state index in [1.807, 2.05) is 13.1 Å². The largest absolute Gasteiger partial charge is 0.354 e. The van der Waals surface area contributed by atoms with Crippen molar-refractivity contribution in [3.8, 4) is 0 Å². The third-order valence-corrected chi connectivity index (χ3v) is 5.79. The van der Waals surface area contributed by atoms with Crippen LogP contribution in [0.2, 0.25) is 0 Å². The van der Waals surface area contributed by atoms with Gasteiger partial charge in [-0.3, -0.25) is 4.90 Å². The molecule has 0 spiro atoms. The van der Waals surface area contributed by atoms with Crippen molar-refractivity contribution in [2.24, 2.45) is 28.4 Å². The molecule has 138 valence electrons. The van der Waals surface area contributed by atoms with E-state index in [-0.39, 0.29) is 29.2 Å². The number of carbonyl (C=O) groups excluding carboxylic acids is 1. The van der Waals surface area contributed by atoms with E-state index in [9.17, 15) is 4.79 Å². The van der Waals surface area contributed by atoms with E-state index in [4.69, 9.17) is 10.5 Å². The van der Waals surface area contributed by atoms with Crippen LogP contribution in [0.15, 0.2) is 11.8 Å². The highest BCUT2D eigenvalue weighted by Gasteiger charge is 2.49. The fourth-order valence-electron chi connectivity index (χ4n) is 3.56. The molecule has 5 atom stereocenters. The molecule has 0 aliphatic carbocycles. The molecule has 24 heavy (non-hydrogen) atoms. The Hall–Kier alpha value is -1.07. The monoisotopic (exact) mass is 337 g/mol. The lowest BCUT2D eigenvalue weighted by molar-refractivity contribution is -0.0733. The molecule has 0 bridgehead atoms. The summed E-state index contributed by atoms with van der Waals surface area (Å²) in [5.74, 6) is 0.792. The number of urea groups is 1. The maximum Gasteiger partial charge on any atom is 0.325 e. The van der Waals surface area contributed by atoms with Crippen molar-refractivity contribution in [3.63, 3.8) is 0 Å². The van der Waals surface area contributed by atoms with Crippen LogP contribution in [0.1, 0.15) is 61.8 Å². The number of nitrogens with one attached hydrogen (secondary N) is 1. The van der Waals surface area contributed by atoms with Gasteiger partial charge >= 0.3 is 6.03 Å². The first-order chi connectivity index (χ1) is 10.8. The molecule has 0 aromatic carbocycles. The number of carbonyl (C=O) groups is 1. The van der Waals surface area contributed by atoms with Gasteiger partial charge in [-0.2, -0.15) is 0 Å². The molecule has 5 nitrogen and oxygen atoms in total. The summed E-state index contributed by atoms with van der Waals surface area (Å²) in [7, 11) is 0. The molecule has 0 radical (unpaired) electrons.